The molecule has 0 spiro atoms. The summed E-state index contributed by atoms with van der Waals surface area (Å²) in [5.41, 5.74) is -0.198. The first-order valence-corrected chi connectivity index (χ1v) is 7.03. The number of benzene rings is 2. The van der Waals surface area contributed by atoms with E-state index in [9.17, 15) is 34.6 Å². The maximum Gasteiger partial charge on any atom is 0.287 e. The highest BCUT2D eigenvalue weighted by molar-refractivity contribution is 6.23. The first-order valence-electron chi connectivity index (χ1n) is 7.03. The van der Waals surface area contributed by atoms with Crippen molar-refractivity contribution in [1.82, 2.24) is 10.4 Å². The number of nitrogens with one attached hydrogen (secondary N) is 1. The summed E-state index contributed by atoms with van der Waals surface area (Å²) >= 11 is 0. The first kappa shape index (κ1) is 16.7. The Balaban J connectivity index is 1.96. The minimum Gasteiger partial charge on any atom is -0.267 e. The largest absolute Gasteiger partial charge is 0.287 e. The lowest BCUT2D eigenvalue weighted by Gasteiger charge is -2.14. The molecular formula is C15H8N4O7. The minimum absolute atomic E-state index is 0.243. The average molecular weight is 356 g/mol. The second-order valence-electron chi connectivity index (χ2n) is 5.12. The van der Waals surface area contributed by atoms with E-state index in [1.807, 2.05) is 5.43 Å². The highest BCUT2D eigenvalue weighted by atomic mass is 16.6. The number of amides is 3. The summed E-state index contributed by atoms with van der Waals surface area (Å²) in [4.78, 5) is 57.4. The van der Waals surface area contributed by atoms with E-state index < -0.39 is 44.5 Å². The molecule has 2 aromatic rings. The third-order valence-corrected chi connectivity index (χ3v) is 3.65. The van der Waals surface area contributed by atoms with Crippen molar-refractivity contribution < 1.29 is 24.2 Å². The zero-order valence-corrected chi connectivity index (χ0v) is 12.7. The van der Waals surface area contributed by atoms with Crippen molar-refractivity contribution in [2.75, 3.05) is 0 Å². The summed E-state index contributed by atoms with van der Waals surface area (Å²) in [5, 5.41) is 22.3. The minimum atomic E-state index is -1.09. The van der Waals surface area contributed by atoms with Crippen LogP contribution >= 0.6 is 0 Å². The number of carbonyl (C=O) groups excluding carboxylic acids is 3. The van der Waals surface area contributed by atoms with Crippen LogP contribution in [0.2, 0.25) is 0 Å². The van der Waals surface area contributed by atoms with E-state index in [1.165, 1.54) is 24.3 Å². The highest BCUT2D eigenvalue weighted by Crippen LogP contribution is 2.30. The molecule has 1 aliphatic heterocycles. The Morgan fingerprint density at radius 2 is 1.50 bits per heavy atom. The van der Waals surface area contributed by atoms with Crippen LogP contribution in [0.25, 0.3) is 0 Å². The number of nitro groups is 2. The van der Waals surface area contributed by atoms with Gasteiger partial charge in [-0.05, 0) is 12.1 Å². The number of hydrogen-bond donors (Lipinski definition) is 1. The van der Waals surface area contributed by atoms with E-state index in [0.29, 0.717) is 5.01 Å². The highest BCUT2D eigenvalue weighted by Gasteiger charge is 2.42. The fourth-order valence-corrected chi connectivity index (χ4v) is 2.51. The van der Waals surface area contributed by atoms with Crippen LogP contribution in [0.5, 0.6) is 0 Å². The zero-order chi connectivity index (χ0) is 19.0. The van der Waals surface area contributed by atoms with Crippen LogP contribution in [0.4, 0.5) is 11.4 Å². The van der Waals surface area contributed by atoms with Crippen molar-refractivity contribution >= 4 is 29.1 Å². The van der Waals surface area contributed by atoms with Gasteiger partial charge in [0.15, 0.2) is 0 Å². The first-order chi connectivity index (χ1) is 12.3. The van der Waals surface area contributed by atoms with Crippen LogP contribution in [0.1, 0.15) is 31.1 Å². The van der Waals surface area contributed by atoms with E-state index in [2.05, 4.69) is 0 Å². The van der Waals surface area contributed by atoms with Gasteiger partial charge in [-0.25, -0.2) is 0 Å². The molecule has 0 aromatic heterocycles. The smallest absolute Gasteiger partial charge is 0.267 e. The van der Waals surface area contributed by atoms with Crippen molar-refractivity contribution in [2.24, 2.45) is 0 Å². The molecule has 0 radical (unpaired) electrons. The number of nitro benzene ring substituents is 2. The molecule has 3 amide bonds. The molecule has 0 fully saturated rings. The van der Waals surface area contributed by atoms with Gasteiger partial charge in [0.2, 0.25) is 0 Å². The molecule has 0 aliphatic carbocycles. The summed E-state index contributed by atoms with van der Waals surface area (Å²) in [6, 6.07) is 8.44. The Hall–Kier alpha value is -4.15. The van der Waals surface area contributed by atoms with Crippen molar-refractivity contribution in [2.45, 2.75) is 0 Å². The van der Waals surface area contributed by atoms with Crippen LogP contribution < -0.4 is 5.43 Å². The summed E-state index contributed by atoms with van der Waals surface area (Å²) in [7, 11) is 0. The van der Waals surface area contributed by atoms with Crippen molar-refractivity contribution in [3.63, 3.8) is 0 Å². The molecule has 11 heteroatoms. The number of para-hydroxylation sites is 1. The lowest BCUT2D eigenvalue weighted by atomic mass is 10.1. The molecule has 1 aliphatic rings. The predicted octanol–water partition coefficient (Wildman–Crippen LogP) is 1.44. The Kier molecular flexibility index (Phi) is 3.89. The van der Waals surface area contributed by atoms with Crippen molar-refractivity contribution in [3.05, 3.63) is 79.4 Å². The molecule has 1 N–H and O–H groups in total. The Labute approximate surface area is 144 Å². The maximum atomic E-state index is 12.4. The SMILES string of the molecule is O=C(NN1C(=O)c2cccc([N+](=O)[O-])c2C1=O)c1ccccc1[N+](=O)[O-]. The number of hydrazine groups is 1. The summed E-state index contributed by atoms with van der Waals surface area (Å²) in [5.74, 6) is -3.14. The van der Waals surface area contributed by atoms with Crippen LogP contribution in [0.3, 0.4) is 0 Å². The Bertz CT molecular complexity index is 1000. The van der Waals surface area contributed by atoms with Crippen molar-refractivity contribution in [1.29, 1.82) is 0 Å². The maximum absolute atomic E-state index is 12.4. The van der Waals surface area contributed by atoms with Gasteiger partial charge in [-0.1, -0.05) is 18.2 Å². The average Bonchev–Trinajstić information content (AvgIpc) is 2.86. The number of nitrogens with zero attached hydrogens (tertiary/aromatic N) is 3. The molecule has 26 heavy (non-hydrogen) atoms. The van der Waals surface area contributed by atoms with E-state index >= 15 is 0 Å². The van der Waals surface area contributed by atoms with Crippen LogP contribution in [-0.4, -0.2) is 32.6 Å². The third kappa shape index (κ3) is 2.53. The second kappa shape index (κ2) is 6.05. The lowest BCUT2D eigenvalue weighted by molar-refractivity contribution is -0.385. The topological polar surface area (TPSA) is 153 Å². The number of hydrogen-bond acceptors (Lipinski definition) is 7. The van der Waals surface area contributed by atoms with Gasteiger partial charge in [-0.15, -0.1) is 0 Å². The van der Waals surface area contributed by atoms with Crippen LogP contribution in [0, 0.1) is 20.2 Å². The third-order valence-electron chi connectivity index (χ3n) is 3.65. The van der Waals surface area contributed by atoms with Gasteiger partial charge in [0.25, 0.3) is 29.1 Å². The molecule has 0 saturated heterocycles. The second-order valence-corrected chi connectivity index (χ2v) is 5.12. The molecule has 2 aromatic carbocycles. The quantitative estimate of drug-likeness (QED) is 0.494. The van der Waals surface area contributed by atoms with Crippen LogP contribution in [-0.2, 0) is 0 Å². The summed E-state index contributed by atoms with van der Waals surface area (Å²) in [6.07, 6.45) is 0. The van der Waals surface area contributed by atoms with E-state index in [-0.39, 0.29) is 11.1 Å². The fraction of sp³-hybridized carbons (Fsp3) is 0. The van der Waals surface area contributed by atoms with Gasteiger partial charge in [0.1, 0.15) is 11.1 Å². The Morgan fingerprint density at radius 3 is 2.15 bits per heavy atom. The zero-order valence-electron chi connectivity index (χ0n) is 12.7. The van der Waals surface area contributed by atoms with Gasteiger partial charge >= 0.3 is 0 Å². The monoisotopic (exact) mass is 356 g/mol. The predicted molar refractivity (Wildman–Crippen MR) is 84.2 cm³/mol. The van der Waals surface area contributed by atoms with E-state index in [4.69, 9.17) is 0 Å². The number of rotatable bonds is 4. The van der Waals surface area contributed by atoms with Gasteiger partial charge < -0.3 is 0 Å². The van der Waals surface area contributed by atoms with Crippen molar-refractivity contribution in [3.8, 4) is 0 Å². The number of fused-ring (bicyclic) bond motifs is 1. The summed E-state index contributed by atoms with van der Waals surface area (Å²) < 4.78 is 0. The van der Waals surface area contributed by atoms with E-state index in [1.54, 1.807) is 0 Å². The Morgan fingerprint density at radius 1 is 0.885 bits per heavy atom. The fourth-order valence-electron chi connectivity index (χ4n) is 2.51. The standard InChI is InChI=1S/C15H8N4O7/c20-13(8-4-1-2-6-10(8)18(23)24)16-17-14(21)9-5-3-7-11(19(25)26)12(9)15(17)22/h1-7H,(H,16,20). The number of carbonyl (C=O) groups is 3. The summed E-state index contributed by atoms with van der Waals surface area (Å²) in [6.45, 7) is 0. The molecule has 130 valence electrons. The molecule has 0 bridgehead atoms. The van der Waals surface area contributed by atoms with Crippen LogP contribution in [0.15, 0.2) is 42.5 Å². The molecule has 0 saturated carbocycles. The molecule has 0 atom stereocenters. The van der Waals surface area contributed by atoms with Gasteiger partial charge in [0.05, 0.1) is 15.4 Å². The van der Waals surface area contributed by atoms with Gasteiger partial charge in [-0.3, -0.25) is 40.0 Å². The normalized spacial score (nSPS) is 12.7. The van der Waals surface area contributed by atoms with Gasteiger partial charge in [-0.2, -0.15) is 5.01 Å². The molecule has 3 rings (SSSR count). The van der Waals surface area contributed by atoms with Gasteiger partial charge in [0, 0.05) is 12.1 Å². The molecule has 1 heterocycles. The molecule has 0 unspecified atom stereocenters. The van der Waals surface area contributed by atoms with E-state index in [0.717, 1.165) is 18.2 Å². The molecule has 11 nitrogen and oxygen atoms in total. The molecular weight excluding hydrogens is 348 g/mol. The number of imide groups is 1. The lowest BCUT2D eigenvalue weighted by Crippen LogP contribution is -2.46.